The minimum atomic E-state index is -0.174. The van der Waals surface area contributed by atoms with E-state index in [2.05, 4.69) is 25.6 Å². The molecule has 1 aliphatic rings. The number of nitrogens with one attached hydrogen (secondary N) is 2. The third-order valence-corrected chi connectivity index (χ3v) is 3.89. The smallest absolute Gasteiger partial charge is 0.251 e. The number of pyridine rings is 1. The van der Waals surface area contributed by atoms with Gasteiger partial charge in [-0.25, -0.2) is 15.0 Å². The number of hydrogen-bond donors (Lipinski definition) is 2. The minimum Gasteiger partial charge on any atom is -0.352 e. The molecule has 1 aliphatic heterocycles. The second-order valence-corrected chi connectivity index (χ2v) is 5.72. The van der Waals surface area contributed by atoms with Crippen LogP contribution in [-0.2, 0) is 4.79 Å². The molecule has 2 aromatic rings. The van der Waals surface area contributed by atoms with Crippen molar-refractivity contribution in [1.82, 2.24) is 25.2 Å². The molecule has 130 valence electrons. The fourth-order valence-electron chi connectivity index (χ4n) is 2.63. The molecule has 2 amide bonds. The number of anilines is 2. The topological polar surface area (TPSA) is 100 Å². The molecule has 25 heavy (non-hydrogen) atoms. The van der Waals surface area contributed by atoms with Crippen LogP contribution in [0.3, 0.4) is 0 Å². The van der Waals surface area contributed by atoms with Gasteiger partial charge in [0.05, 0.1) is 0 Å². The molecule has 0 unspecified atom stereocenters. The van der Waals surface area contributed by atoms with E-state index >= 15 is 0 Å². The summed E-state index contributed by atoms with van der Waals surface area (Å²) in [5.74, 6) is 0.954. The number of rotatable bonds is 7. The van der Waals surface area contributed by atoms with E-state index in [1.807, 2.05) is 4.90 Å². The molecular formula is C17H20N6O2. The summed E-state index contributed by atoms with van der Waals surface area (Å²) >= 11 is 0. The summed E-state index contributed by atoms with van der Waals surface area (Å²) in [6, 6.07) is 5.02. The van der Waals surface area contributed by atoms with Crippen LogP contribution in [0.1, 0.15) is 29.6 Å². The molecule has 1 saturated heterocycles. The van der Waals surface area contributed by atoms with Crippen molar-refractivity contribution < 1.29 is 9.59 Å². The summed E-state index contributed by atoms with van der Waals surface area (Å²) in [7, 11) is 0. The van der Waals surface area contributed by atoms with E-state index < -0.39 is 0 Å². The van der Waals surface area contributed by atoms with Crippen molar-refractivity contribution in [2.75, 3.05) is 25.0 Å². The number of likely N-dealkylation sites (tertiary alicyclic amines) is 1. The fourth-order valence-corrected chi connectivity index (χ4v) is 2.63. The Morgan fingerprint density at radius 1 is 1.20 bits per heavy atom. The van der Waals surface area contributed by atoms with Crippen LogP contribution in [0, 0.1) is 0 Å². The van der Waals surface area contributed by atoms with E-state index in [-0.39, 0.29) is 11.8 Å². The highest BCUT2D eigenvalue weighted by Gasteiger charge is 2.19. The normalized spacial score (nSPS) is 13.8. The van der Waals surface area contributed by atoms with Gasteiger partial charge < -0.3 is 15.5 Å². The highest BCUT2D eigenvalue weighted by molar-refractivity contribution is 5.94. The maximum Gasteiger partial charge on any atom is 0.251 e. The second-order valence-electron chi connectivity index (χ2n) is 5.72. The maximum atomic E-state index is 12.2. The molecule has 2 N–H and O–H groups in total. The lowest BCUT2D eigenvalue weighted by molar-refractivity contribution is -0.127. The van der Waals surface area contributed by atoms with Gasteiger partial charge in [0, 0.05) is 50.2 Å². The van der Waals surface area contributed by atoms with Crippen molar-refractivity contribution >= 4 is 23.6 Å². The first-order valence-corrected chi connectivity index (χ1v) is 8.28. The molecule has 3 rings (SSSR count). The highest BCUT2D eigenvalue weighted by Crippen LogP contribution is 2.11. The van der Waals surface area contributed by atoms with E-state index in [1.54, 1.807) is 36.8 Å². The Balaban J connectivity index is 1.48. The summed E-state index contributed by atoms with van der Waals surface area (Å²) in [4.78, 5) is 37.9. The van der Waals surface area contributed by atoms with E-state index in [4.69, 9.17) is 0 Å². The first-order valence-electron chi connectivity index (χ1n) is 8.28. The van der Waals surface area contributed by atoms with Crippen molar-refractivity contribution in [2.45, 2.75) is 19.3 Å². The van der Waals surface area contributed by atoms with Crippen LogP contribution in [0.25, 0.3) is 0 Å². The number of carbonyl (C=O) groups excluding carboxylic acids is 2. The molecule has 0 spiro atoms. The van der Waals surface area contributed by atoms with Gasteiger partial charge in [-0.3, -0.25) is 9.59 Å². The van der Waals surface area contributed by atoms with E-state index in [0.717, 1.165) is 19.4 Å². The largest absolute Gasteiger partial charge is 0.352 e. The molecule has 0 saturated carbocycles. The molecule has 0 aliphatic carbocycles. The molecule has 3 heterocycles. The first kappa shape index (κ1) is 16.8. The zero-order chi connectivity index (χ0) is 17.5. The van der Waals surface area contributed by atoms with Gasteiger partial charge in [-0.1, -0.05) is 0 Å². The van der Waals surface area contributed by atoms with Gasteiger partial charge in [-0.05, 0) is 31.0 Å². The van der Waals surface area contributed by atoms with Gasteiger partial charge in [-0.15, -0.1) is 0 Å². The van der Waals surface area contributed by atoms with Gasteiger partial charge >= 0.3 is 0 Å². The number of aromatic nitrogens is 3. The molecular weight excluding hydrogens is 320 g/mol. The van der Waals surface area contributed by atoms with Gasteiger partial charge in [-0.2, -0.15) is 0 Å². The highest BCUT2D eigenvalue weighted by atomic mass is 16.2. The molecule has 8 nitrogen and oxygen atoms in total. The molecule has 0 aromatic carbocycles. The van der Waals surface area contributed by atoms with Gasteiger partial charge in [0.1, 0.15) is 5.82 Å². The van der Waals surface area contributed by atoms with Crippen LogP contribution in [0.2, 0.25) is 0 Å². The zero-order valence-corrected chi connectivity index (χ0v) is 13.8. The van der Waals surface area contributed by atoms with E-state index in [0.29, 0.717) is 36.8 Å². The van der Waals surface area contributed by atoms with Crippen molar-refractivity contribution in [3.05, 3.63) is 42.4 Å². The Morgan fingerprint density at radius 3 is 2.80 bits per heavy atom. The van der Waals surface area contributed by atoms with E-state index in [1.165, 1.54) is 0 Å². The van der Waals surface area contributed by atoms with Crippen LogP contribution in [0.15, 0.2) is 36.8 Å². The van der Waals surface area contributed by atoms with Crippen molar-refractivity contribution in [3.8, 4) is 0 Å². The molecule has 2 aromatic heterocycles. The van der Waals surface area contributed by atoms with Crippen molar-refractivity contribution in [2.24, 2.45) is 0 Å². The summed E-state index contributed by atoms with van der Waals surface area (Å²) in [5, 5.41) is 5.82. The Labute approximate surface area is 145 Å². The SMILES string of the molecule is O=C(NCCCN1CCCC1=O)c1ccnc(Nc2ncccn2)c1. The lowest BCUT2D eigenvalue weighted by atomic mass is 10.2. The number of amides is 2. The third kappa shape index (κ3) is 4.72. The minimum absolute atomic E-state index is 0.174. The van der Waals surface area contributed by atoms with Crippen LogP contribution in [0.5, 0.6) is 0 Å². The number of nitrogens with zero attached hydrogens (tertiary/aromatic N) is 4. The average Bonchev–Trinajstić information content (AvgIpc) is 3.04. The Kier molecular flexibility index (Phi) is 5.50. The Bertz CT molecular complexity index is 737. The fraction of sp³-hybridized carbons (Fsp3) is 0.353. The molecule has 0 radical (unpaired) electrons. The molecule has 0 bridgehead atoms. The van der Waals surface area contributed by atoms with Crippen molar-refractivity contribution in [1.29, 1.82) is 0 Å². The van der Waals surface area contributed by atoms with Crippen LogP contribution < -0.4 is 10.6 Å². The lowest BCUT2D eigenvalue weighted by Gasteiger charge is -2.15. The van der Waals surface area contributed by atoms with E-state index in [9.17, 15) is 9.59 Å². The Morgan fingerprint density at radius 2 is 2.04 bits per heavy atom. The summed E-state index contributed by atoms with van der Waals surface area (Å²) in [5.41, 5.74) is 0.505. The Hall–Kier alpha value is -3.03. The quantitative estimate of drug-likeness (QED) is 0.738. The van der Waals surface area contributed by atoms with Crippen LogP contribution >= 0.6 is 0 Å². The summed E-state index contributed by atoms with van der Waals surface area (Å²) < 4.78 is 0. The molecule has 8 heteroatoms. The first-order chi connectivity index (χ1) is 12.2. The monoisotopic (exact) mass is 340 g/mol. The van der Waals surface area contributed by atoms with Gasteiger partial charge in [0.2, 0.25) is 11.9 Å². The lowest BCUT2D eigenvalue weighted by Crippen LogP contribution is -2.30. The van der Waals surface area contributed by atoms with Gasteiger partial charge in [0.15, 0.2) is 0 Å². The number of hydrogen-bond acceptors (Lipinski definition) is 6. The van der Waals surface area contributed by atoms with Gasteiger partial charge in [0.25, 0.3) is 5.91 Å². The molecule has 1 fully saturated rings. The summed E-state index contributed by atoms with van der Waals surface area (Å²) in [6.07, 6.45) is 7.12. The zero-order valence-electron chi connectivity index (χ0n) is 13.8. The second kappa shape index (κ2) is 8.18. The third-order valence-electron chi connectivity index (χ3n) is 3.89. The average molecular weight is 340 g/mol. The van der Waals surface area contributed by atoms with Crippen LogP contribution in [-0.4, -0.2) is 51.3 Å². The predicted molar refractivity (Wildman–Crippen MR) is 92.3 cm³/mol. The van der Waals surface area contributed by atoms with Crippen molar-refractivity contribution in [3.63, 3.8) is 0 Å². The van der Waals surface area contributed by atoms with Crippen LogP contribution in [0.4, 0.5) is 11.8 Å². The standard InChI is InChI=1S/C17H20N6O2/c24-15-4-1-10-23(15)11-3-8-19-16(25)13-5-9-18-14(12-13)22-17-20-6-2-7-21-17/h2,5-7,9,12H,1,3-4,8,10-11H2,(H,19,25)(H,18,20,21,22). The maximum absolute atomic E-state index is 12.2. The number of carbonyl (C=O) groups is 2. The molecule has 0 atom stereocenters. The summed E-state index contributed by atoms with van der Waals surface area (Å²) in [6.45, 7) is 2.04. The predicted octanol–water partition coefficient (Wildman–Crippen LogP) is 1.36.